The number of nitro benzene ring substituents is 1. The van der Waals surface area contributed by atoms with Crippen molar-refractivity contribution in [1.82, 2.24) is 9.55 Å². The number of thioether (sulfide) groups is 2. The minimum absolute atomic E-state index is 0.0429. The van der Waals surface area contributed by atoms with Crippen molar-refractivity contribution in [2.45, 2.75) is 23.4 Å². The maximum absolute atomic E-state index is 13.1. The summed E-state index contributed by atoms with van der Waals surface area (Å²) in [5.41, 5.74) is 2.86. The molecule has 4 rings (SSSR count). The van der Waals surface area contributed by atoms with E-state index < -0.39 is 4.92 Å². The Morgan fingerprint density at radius 3 is 2.61 bits per heavy atom. The van der Waals surface area contributed by atoms with Gasteiger partial charge >= 0.3 is 0 Å². The van der Waals surface area contributed by atoms with Gasteiger partial charge in [-0.25, -0.2) is 4.98 Å². The lowest BCUT2D eigenvalue weighted by Gasteiger charge is -2.14. The van der Waals surface area contributed by atoms with Gasteiger partial charge in [-0.15, -0.1) is 11.8 Å². The maximum atomic E-state index is 13.1. The Balaban J connectivity index is 1.55. The Labute approximate surface area is 186 Å². The van der Waals surface area contributed by atoms with E-state index in [0.717, 1.165) is 23.4 Å². The Kier molecular flexibility index (Phi) is 6.10. The number of nitro groups is 1. The number of hydrogen-bond acceptors (Lipinski definition) is 7. The summed E-state index contributed by atoms with van der Waals surface area (Å²) in [6.07, 6.45) is 0.729. The van der Waals surface area contributed by atoms with Crippen LogP contribution in [0, 0.1) is 17.0 Å². The molecule has 0 unspecified atom stereocenters. The van der Waals surface area contributed by atoms with Gasteiger partial charge in [0.15, 0.2) is 5.16 Å². The Bertz CT molecular complexity index is 1210. The third kappa shape index (κ3) is 4.64. The van der Waals surface area contributed by atoms with Crippen LogP contribution < -0.4 is 10.9 Å². The highest BCUT2D eigenvalue weighted by atomic mass is 32.2. The van der Waals surface area contributed by atoms with Gasteiger partial charge in [0.2, 0.25) is 5.91 Å². The molecule has 2 heterocycles. The van der Waals surface area contributed by atoms with Gasteiger partial charge in [-0.2, -0.15) is 0 Å². The van der Waals surface area contributed by atoms with E-state index in [1.807, 2.05) is 31.2 Å². The summed E-state index contributed by atoms with van der Waals surface area (Å²) in [4.78, 5) is 41.1. The second kappa shape index (κ2) is 8.94. The van der Waals surface area contributed by atoms with Crippen molar-refractivity contribution in [1.29, 1.82) is 0 Å². The number of aromatic nitrogens is 2. The molecule has 3 aromatic rings. The fourth-order valence-electron chi connectivity index (χ4n) is 3.10. The average molecular weight is 455 g/mol. The summed E-state index contributed by atoms with van der Waals surface area (Å²) in [5, 5.41) is 13.9. The Morgan fingerprint density at radius 1 is 1.23 bits per heavy atom. The zero-order valence-electron chi connectivity index (χ0n) is 16.5. The molecule has 8 nitrogen and oxygen atoms in total. The van der Waals surface area contributed by atoms with Crippen LogP contribution in [-0.2, 0) is 11.2 Å². The minimum atomic E-state index is -0.496. The summed E-state index contributed by atoms with van der Waals surface area (Å²) in [5.74, 6) is 0.569. The molecule has 2 aromatic carbocycles. The average Bonchev–Trinajstić information content (AvgIpc) is 3.23. The predicted octanol–water partition coefficient (Wildman–Crippen LogP) is 3.83. The van der Waals surface area contributed by atoms with Gasteiger partial charge in [0.1, 0.15) is 0 Å². The first kappa shape index (κ1) is 21.1. The highest BCUT2D eigenvalue weighted by Crippen LogP contribution is 2.30. The number of fused-ring (bicyclic) bond motifs is 1. The predicted molar refractivity (Wildman–Crippen MR) is 121 cm³/mol. The molecule has 0 spiro atoms. The van der Waals surface area contributed by atoms with E-state index in [2.05, 4.69) is 10.3 Å². The molecule has 1 aliphatic rings. The van der Waals surface area contributed by atoms with Crippen LogP contribution in [0.15, 0.2) is 63.4 Å². The van der Waals surface area contributed by atoms with Crippen molar-refractivity contribution in [3.8, 4) is 5.69 Å². The lowest BCUT2D eigenvalue weighted by Crippen LogP contribution is -2.24. The largest absolute Gasteiger partial charge is 0.325 e. The molecule has 0 aliphatic carbocycles. The molecule has 0 atom stereocenters. The molecular formula is C21H18N4O4S2. The molecule has 0 bridgehead atoms. The maximum Gasteiger partial charge on any atom is 0.272 e. The summed E-state index contributed by atoms with van der Waals surface area (Å²) in [6, 6.07) is 13.2. The number of non-ortho nitro benzene ring substituents is 1. The molecule has 10 heteroatoms. The number of aryl methyl sites for hydroxylation is 2. The minimum Gasteiger partial charge on any atom is -0.325 e. The van der Waals surface area contributed by atoms with Crippen molar-refractivity contribution in [2.75, 3.05) is 16.8 Å². The van der Waals surface area contributed by atoms with E-state index in [-0.39, 0.29) is 22.9 Å². The van der Waals surface area contributed by atoms with Gasteiger partial charge in [0, 0.05) is 30.0 Å². The van der Waals surface area contributed by atoms with Crippen LogP contribution in [0.25, 0.3) is 5.69 Å². The quantitative estimate of drug-likeness (QED) is 0.261. The third-order valence-corrected chi connectivity index (χ3v) is 6.70. The second-order valence-corrected chi connectivity index (χ2v) is 8.93. The molecule has 1 N–H and O–H groups in total. The lowest BCUT2D eigenvalue weighted by molar-refractivity contribution is -0.384. The van der Waals surface area contributed by atoms with Crippen LogP contribution in [0.5, 0.6) is 0 Å². The zero-order valence-corrected chi connectivity index (χ0v) is 18.2. The highest BCUT2D eigenvalue weighted by molar-refractivity contribution is 8.00. The SMILES string of the molecule is Cc1ccc(-n2c(SCC(=O)Nc3ccc([N+](=O)[O-])cc3)nc3c(c2=O)SCC3)cc1. The number of benzene rings is 2. The van der Waals surface area contributed by atoms with E-state index in [1.54, 1.807) is 4.57 Å². The third-order valence-electron chi connectivity index (χ3n) is 4.65. The van der Waals surface area contributed by atoms with Crippen molar-refractivity contribution >= 4 is 40.8 Å². The number of nitrogens with zero attached hydrogens (tertiary/aromatic N) is 3. The second-order valence-electron chi connectivity index (χ2n) is 6.89. The van der Waals surface area contributed by atoms with Gasteiger partial charge in [-0.05, 0) is 31.2 Å². The molecule has 1 aromatic heterocycles. The standard InChI is InChI=1S/C21H18N4O4S2/c1-13-2-6-15(7-3-13)24-20(27)19-17(10-11-30-19)23-21(24)31-12-18(26)22-14-4-8-16(9-5-14)25(28)29/h2-9H,10-12H2,1H3,(H,22,26). The zero-order chi connectivity index (χ0) is 22.0. The van der Waals surface area contributed by atoms with Crippen LogP contribution in [0.1, 0.15) is 11.3 Å². The van der Waals surface area contributed by atoms with Gasteiger partial charge in [0.25, 0.3) is 11.2 Å². The van der Waals surface area contributed by atoms with E-state index in [0.29, 0.717) is 21.4 Å². The number of rotatable bonds is 6. The Morgan fingerprint density at radius 2 is 1.94 bits per heavy atom. The van der Waals surface area contributed by atoms with E-state index in [4.69, 9.17) is 0 Å². The van der Waals surface area contributed by atoms with Gasteiger partial charge in [-0.3, -0.25) is 24.3 Å². The number of carbonyl (C=O) groups excluding carboxylic acids is 1. The van der Waals surface area contributed by atoms with E-state index in [9.17, 15) is 19.7 Å². The van der Waals surface area contributed by atoms with Crippen LogP contribution in [0.4, 0.5) is 11.4 Å². The van der Waals surface area contributed by atoms with Crippen molar-refractivity contribution < 1.29 is 9.72 Å². The smallest absolute Gasteiger partial charge is 0.272 e. The van der Waals surface area contributed by atoms with Crippen LogP contribution >= 0.6 is 23.5 Å². The fourth-order valence-corrected chi connectivity index (χ4v) is 4.96. The van der Waals surface area contributed by atoms with Crippen LogP contribution in [0.3, 0.4) is 0 Å². The molecule has 0 saturated carbocycles. The molecule has 1 amide bonds. The van der Waals surface area contributed by atoms with E-state index in [1.165, 1.54) is 47.8 Å². The van der Waals surface area contributed by atoms with Crippen LogP contribution in [-0.4, -0.2) is 31.9 Å². The first-order valence-electron chi connectivity index (χ1n) is 9.45. The van der Waals surface area contributed by atoms with Crippen LogP contribution in [0.2, 0.25) is 0 Å². The molecule has 1 aliphatic heterocycles. The molecule has 0 radical (unpaired) electrons. The molecular weight excluding hydrogens is 436 g/mol. The monoisotopic (exact) mass is 454 g/mol. The lowest BCUT2D eigenvalue weighted by atomic mass is 10.2. The topological polar surface area (TPSA) is 107 Å². The first-order chi connectivity index (χ1) is 14.9. The summed E-state index contributed by atoms with van der Waals surface area (Å²) in [7, 11) is 0. The number of anilines is 1. The summed E-state index contributed by atoms with van der Waals surface area (Å²) < 4.78 is 1.56. The summed E-state index contributed by atoms with van der Waals surface area (Å²) >= 11 is 2.70. The number of nitrogens with one attached hydrogen (secondary N) is 1. The van der Waals surface area contributed by atoms with E-state index >= 15 is 0 Å². The number of carbonyl (C=O) groups is 1. The summed E-state index contributed by atoms with van der Waals surface area (Å²) in [6.45, 7) is 1.97. The van der Waals surface area contributed by atoms with Gasteiger partial charge in [-0.1, -0.05) is 29.5 Å². The molecule has 158 valence electrons. The van der Waals surface area contributed by atoms with Gasteiger partial charge < -0.3 is 5.32 Å². The van der Waals surface area contributed by atoms with Gasteiger partial charge in [0.05, 0.1) is 27.0 Å². The Hall–Kier alpha value is -3.11. The fraction of sp³-hybridized carbons (Fsp3) is 0.190. The number of hydrogen-bond donors (Lipinski definition) is 1. The highest BCUT2D eigenvalue weighted by Gasteiger charge is 2.23. The molecule has 0 fully saturated rings. The van der Waals surface area contributed by atoms with Crippen molar-refractivity contribution in [3.63, 3.8) is 0 Å². The number of amides is 1. The van der Waals surface area contributed by atoms with Crippen molar-refractivity contribution in [2.24, 2.45) is 0 Å². The molecule has 31 heavy (non-hydrogen) atoms. The normalized spacial score (nSPS) is 12.4. The van der Waals surface area contributed by atoms with Crippen molar-refractivity contribution in [3.05, 3.63) is 80.3 Å². The first-order valence-corrected chi connectivity index (χ1v) is 11.4. The molecule has 0 saturated heterocycles.